The lowest BCUT2D eigenvalue weighted by Crippen LogP contribution is -2.24. The van der Waals surface area contributed by atoms with Crippen LogP contribution in [-0.4, -0.2) is 17.6 Å². The van der Waals surface area contributed by atoms with E-state index < -0.39 is 0 Å². The minimum absolute atomic E-state index is 0.732. The first-order valence-electron chi connectivity index (χ1n) is 7.72. The number of aryl methyl sites for hydroxylation is 1. The normalized spacial score (nSPS) is 14.4. The Labute approximate surface area is 126 Å². The molecule has 2 heterocycles. The summed E-state index contributed by atoms with van der Waals surface area (Å²) in [5.74, 6) is 2.02. The fourth-order valence-electron chi connectivity index (χ4n) is 2.53. The Morgan fingerprint density at radius 1 is 1.43 bits per heavy atom. The van der Waals surface area contributed by atoms with E-state index in [1.54, 1.807) is 6.26 Å². The Morgan fingerprint density at radius 2 is 2.29 bits per heavy atom. The molecular weight excluding hydrogens is 262 g/mol. The summed E-state index contributed by atoms with van der Waals surface area (Å²) < 4.78 is 5.44. The van der Waals surface area contributed by atoms with Crippen molar-refractivity contribution >= 4 is 5.82 Å². The van der Waals surface area contributed by atoms with Gasteiger partial charge in [-0.15, -0.1) is 0 Å². The van der Waals surface area contributed by atoms with Crippen LogP contribution in [0, 0.1) is 6.92 Å². The van der Waals surface area contributed by atoms with Crippen molar-refractivity contribution in [1.29, 1.82) is 0 Å². The number of rotatable bonds is 7. The van der Waals surface area contributed by atoms with Crippen molar-refractivity contribution < 1.29 is 4.42 Å². The largest absolute Gasteiger partial charge is 0.467 e. The van der Waals surface area contributed by atoms with Crippen molar-refractivity contribution in [3.63, 3.8) is 0 Å². The molecule has 3 rings (SSSR count). The van der Waals surface area contributed by atoms with Crippen LogP contribution in [0.3, 0.4) is 0 Å². The number of furan rings is 1. The molecule has 0 aromatic carbocycles. The summed E-state index contributed by atoms with van der Waals surface area (Å²) in [5.41, 5.74) is 2.48. The number of pyridine rings is 1. The van der Waals surface area contributed by atoms with E-state index in [0.717, 1.165) is 37.3 Å². The van der Waals surface area contributed by atoms with Crippen LogP contribution in [0.4, 0.5) is 5.82 Å². The molecule has 0 spiro atoms. The molecule has 2 aromatic rings. The number of aromatic nitrogens is 1. The Kier molecular flexibility index (Phi) is 4.25. The maximum atomic E-state index is 5.44. The van der Waals surface area contributed by atoms with Crippen LogP contribution in [0.5, 0.6) is 0 Å². The van der Waals surface area contributed by atoms with E-state index in [0.29, 0.717) is 0 Å². The number of hydrogen-bond donors (Lipinski definition) is 1. The van der Waals surface area contributed by atoms with E-state index in [1.807, 2.05) is 18.3 Å². The molecule has 0 aliphatic heterocycles. The van der Waals surface area contributed by atoms with Crippen LogP contribution in [0.25, 0.3) is 0 Å². The fourth-order valence-corrected chi connectivity index (χ4v) is 2.53. The Morgan fingerprint density at radius 3 is 2.90 bits per heavy atom. The topological polar surface area (TPSA) is 41.3 Å². The first kappa shape index (κ1) is 14.1. The van der Waals surface area contributed by atoms with E-state index in [9.17, 15) is 0 Å². The average Bonchev–Trinajstić information content (AvgIpc) is 3.18. The molecule has 2 aromatic heterocycles. The molecule has 1 N–H and O–H groups in total. The van der Waals surface area contributed by atoms with Gasteiger partial charge in [-0.25, -0.2) is 4.98 Å². The van der Waals surface area contributed by atoms with Gasteiger partial charge in [-0.1, -0.05) is 0 Å². The Bertz CT molecular complexity index is 576. The van der Waals surface area contributed by atoms with E-state index >= 15 is 0 Å². The molecule has 112 valence electrons. The van der Waals surface area contributed by atoms with Crippen LogP contribution < -0.4 is 10.2 Å². The van der Waals surface area contributed by atoms with Gasteiger partial charge in [0.2, 0.25) is 0 Å². The highest BCUT2D eigenvalue weighted by atomic mass is 16.3. The molecule has 0 atom stereocenters. The minimum atomic E-state index is 0.732. The summed E-state index contributed by atoms with van der Waals surface area (Å²) in [6, 6.07) is 6.90. The number of nitrogens with one attached hydrogen (secondary N) is 1. The molecular formula is C17H23N3O. The smallest absolute Gasteiger partial charge is 0.131 e. The quantitative estimate of drug-likeness (QED) is 0.848. The van der Waals surface area contributed by atoms with Gasteiger partial charge in [-0.05, 0) is 56.0 Å². The van der Waals surface area contributed by atoms with Crippen molar-refractivity contribution in [3.8, 4) is 0 Å². The summed E-state index contributed by atoms with van der Waals surface area (Å²) in [7, 11) is 0. The van der Waals surface area contributed by atoms with Crippen LogP contribution in [-0.2, 0) is 13.1 Å². The molecule has 0 saturated heterocycles. The van der Waals surface area contributed by atoms with Crippen LogP contribution in [0.2, 0.25) is 0 Å². The van der Waals surface area contributed by atoms with Crippen molar-refractivity contribution in [1.82, 2.24) is 10.3 Å². The molecule has 1 fully saturated rings. The summed E-state index contributed by atoms with van der Waals surface area (Å²) in [5, 5.41) is 3.53. The van der Waals surface area contributed by atoms with Crippen LogP contribution >= 0.6 is 0 Å². The van der Waals surface area contributed by atoms with Gasteiger partial charge in [0, 0.05) is 25.3 Å². The van der Waals surface area contributed by atoms with E-state index in [4.69, 9.17) is 4.42 Å². The van der Waals surface area contributed by atoms with Gasteiger partial charge in [-0.2, -0.15) is 0 Å². The van der Waals surface area contributed by atoms with Gasteiger partial charge in [0.25, 0.3) is 0 Å². The second kappa shape index (κ2) is 6.31. The molecule has 0 bridgehead atoms. The zero-order valence-corrected chi connectivity index (χ0v) is 12.8. The molecule has 1 aliphatic carbocycles. The molecule has 0 unspecified atom stereocenters. The molecule has 0 amide bonds. The predicted molar refractivity (Wildman–Crippen MR) is 84.3 cm³/mol. The lowest BCUT2D eigenvalue weighted by Gasteiger charge is -2.23. The van der Waals surface area contributed by atoms with Crippen LogP contribution in [0.15, 0.2) is 35.1 Å². The van der Waals surface area contributed by atoms with Gasteiger partial charge < -0.3 is 14.6 Å². The van der Waals surface area contributed by atoms with Crippen molar-refractivity contribution in [2.75, 3.05) is 11.4 Å². The van der Waals surface area contributed by atoms with Crippen molar-refractivity contribution in [3.05, 3.63) is 47.5 Å². The minimum Gasteiger partial charge on any atom is -0.467 e. The molecule has 4 heteroatoms. The van der Waals surface area contributed by atoms with Gasteiger partial charge in [0.1, 0.15) is 11.6 Å². The summed E-state index contributed by atoms with van der Waals surface area (Å²) in [6.45, 7) is 6.87. The van der Waals surface area contributed by atoms with Gasteiger partial charge in [-0.3, -0.25) is 0 Å². The molecule has 4 nitrogen and oxygen atoms in total. The summed E-state index contributed by atoms with van der Waals surface area (Å²) in [6.07, 6.45) is 6.34. The fraction of sp³-hybridized carbons (Fsp3) is 0.471. The first-order chi connectivity index (χ1) is 10.3. The van der Waals surface area contributed by atoms with E-state index in [2.05, 4.69) is 35.1 Å². The first-order valence-corrected chi connectivity index (χ1v) is 7.72. The summed E-state index contributed by atoms with van der Waals surface area (Å²) >= 11 is 0. The third kappa shape index (κ3) is 3.64. The monoisotopic (exact) mass is 285 g/mol. The molecule has 21 heavy (non-hydrogen) atoms. The SMILES string of the molecule is CCN(Cc1ccco1)c1ncc(CNC2CC2)cc1C. The third-order valence-corrected chi connectivity index (χ3v) is 3.89. The van der Waals surface area contributed by atoms with Crippen molar-refractivity contribution in [2.24, 2.45) is 0 Å². The second-order valence-corrected chi connectivity index (χ2v) is 5.73. The molecule has 1 saturated carbocycles. The number of nitrogens with zero attached hydrogens (tertiary/aromatic N) is 2. The predicted octanol–water partition coefficient (Wildman–Crippen LogP) is 3.26. The highest BCUT2D eigenvalue weighted by molar-refractivity contribution is 5.47. The van der Waals surface area contributed by atoms with Gasteiger partial charge >= 0.3 is 0 Å². The summed E-state index contributed by atoms with van der Waals surface area (Å²) in [4.78, 5) is 6.91. The lowest BCUT2D eigenvalue weighted by molar-refractivity contribution is 0.502. The highest BCUT2D eigenvalue weighted by Gasteiger charge is 2.20. The second-order valence-electron chi connectivity index (χ2n) is 5.73. The highest BCUT2D eigenvalue weighted by Crippen LogP contribution is 2.22. The maximum Gasteiger partial charge on any atom is 0.131 e. The third-order valence-electron chi connectivity index (χ3n) is 3.89. The zero-order chi connectivity index (χ0) is 14.7. The molecule has 1 aliphatic rings. The number of anilines is 1. The van der Waals surface area contributed by atoms with Gasteiger partial charge in [0.15, 0.2) is 0 Å². The van der Waals surface area contributed by atoms with Crippen molar-refractivity contribution in [2.45, 2.75) is 45.8 Å². The average molecular weight is 285 g/mol. The standard InChI is InChI=1S/C17H23N3O/c1-3-20(12-16-5-4-8-21-16)17-13(2)9-14(11-19-17)10-18-15-6-7-15/h4-5,8-9,11,15,18H,3,6-7,10,12H2,1-2H3. The molecule has 0 radical (unpaired) electrons. The zero-order valence-electron chi connectivity index (χ0n) is 12.8. The lowest BCUT2D eigenvalue weighted by atomic mass is 10.2. The van der Waals surface area contributed by atoms with E-state index in [1.165, 1.54) is 24.0 Å². The maximum absolute atomic E-state index is 5.44. The van der Waals surface area contributed by atoms with E-state index in [-0.39, 0.29) is 0 Å². The number of hydrogen-bond acceptors (Lipinski definition) is 4. The Hall–Kier alpha value is -1.81. The van der Waals surface area contributed by atoms with Crippen LogP contribution in [0.1, 0.15) is 36.7 Å². The Balaban J connectivity index is 1.70. The van der Waals surface area contributed by atoms with Gasteiger partial charge in [0.05, 0.1) is 12.8 Å².